The molecule has 3 heteroatoms. The van der Waals surface area contributed by atoms with Gasteiger partial charge in [0.25, 0.3) is 0 Å². The van der Waals surface area contributed by atoms with E-state index in [2.05, 4.69) is 10.2 Å². The molecular weight excluding hydrogens is 236 g/mol. The molecule has 2 aliphatic heterocycles. The number of hydrogen-bond donors (Lipinski definition) is 1. The molecule has 0 bridgehead atoms. The van der Waals surface area contributed by atoms with Crippen LogP contribution >= 0.6 is 0 Å². The van der Waals surface area contributed by atoms with E-state index in [0.717, 1.165) is 24.6 Å². The summed E-state index contributed by atoms with van der Waals surface area (Å²) in [5.74, 6) is 0.904. The first-order chi connectivity index (χ1) is 9.33. The average molecular weight is 264 g/mol. The Morgan fingerprint density at radius 3 is 2.79 bits per heavy atom. The SMILES string of the molecule is C1CC2(C1)CC(NCC1CCN(C3CC3)C1)CCO2. The van der Waals surface area contributed by atoms with Crippen LogP contribution in [-0.2, 0) is 4.74 Å². The molecule has 0 aromatic rings. The van der Waals surface area contributed by atoms with Gasteiger partial charge in [0, 0.05) is 25.2 Å². The van der Waals surface area contributed by atoms with Crippen LogP contribution in [0.2, 0.25) is 0 Å². The summed E-state index contributed by atoms with van der Waals surface area (Å²) in [7, 11) is 0. The van der Waals surface area contributed by atoms with E-state index < -0.39 is 0 Å². The van der Waals surface area contributed by atoms with Crippen LogP contribution in [0.3, 0.4) is 0 Å². The van der Waals surface area contributed by atoms with Crippen LogP contribution in [0.5, 0.6) is 0 Å². The fraction of sp³-hybridized carbons (Fsp3) is 1.00. The highest BCUT2D eigenvalue weighted by Crippen LogP contribution is 2.42. The van der Waals surface area contributed by atoms with E-state index >= 15 is 0 Å². The van der Waals surface area contributed by atoms with Crippen LogP contribution < -0.4 is 5.32 Å². The van der Waals surface area contributed by atoms with Gasteiger partial charge >= 0.3 is 0 Å². The average Bonchev–Trinajstić information content (AvgIpc) is 3.14. The zero-order valence-corrected chi connectivity index (χ0v) is 12.1. The van der Waals surface area contributed by atoms with Gasteiger partial charge in [-0.15, -0.1) is 0 Å². The van der Waals surface area contributed by atoms with Gasteiger partial charge in [0.15, 0.2) is 0 Å². The Morgan fingerprint density at radius 1 is 1.16 bits per heavy atom. The van der Waals surface area contributed by atoms with Crippen LogP contribution in [0.25, 0.3) is 0 Å². The summed E-state index contributed by atoms with van der Waals surface area (Å²) in [4.78, 5) is 2.73. The Balaban J connectivity index is 1.21. The minimum Gasteiger partial charge on any atom is -0.375 e. The maximum absolute atomic E-state index is 6.01. The Bertz CT molecular complexity index is 325. The second-order valence-corrected chi connectivity index (χ2v) is 7.36. The van der Waals surface area contributed by atoms with E-state index in [1.807, 2.05) is 0 Å². The number of rotatable bonds is 4. The molecule has 2 unspecified atom stereocenters. The maximum Gasteiger partial charge on any atom is 0.0697 e. The summed E-state index contributed by atoms with van der Waals surface area (Å²) >= 11 is 0. The summed E-state index contributed by atoms with van der Waals surface area (Å²) < 4.78 is 6.01. The molecule has 0 aromatic carbocycles. The normalized spacial score (nSPS) is 38.5. The molecule has 0 radical (unpaired) electrons. The third-order valence-electron chi connectivity index (χ3n) is 5.83. The topological polar surface area (TPSA) is 24.5 Å². The summed E-state index contributed by atoms with van der Waals surface area (Å²) in [6.07, 6.45) is 10.8. The first-order valence-electron chi connectivity index (χ1n) is 8.44. The Morgan fingerprint density at radius 2 is 2.05 bits per heavy atom. The third kappa shape index (κ3) is 2.70. The first kappa shape index (κ1) is 12.6. The number of nitrogens with one attached hydrogen (secondary N) is 1. The summed E-state index contributed by atoms with van der Waals surface area (Å²) in [5.41, 5.74) is 0.297. The van der Waals surface area contributed by atoms with Gasteiger partial charge in [0.2, 0.25) is 0 Å². The molecule has 1 spiro atoms. The van der Waals surface area contributed by atoms with Crippen molar-refractivity contribution in [2.24, 2.45) is 5.92 Å². The molecule has 2 saturated carbocycles. The van der Waals surface area contributed by atoms with Gasteiger partial charge in [-0.3, -0.25) is 0 Å². The van der Waals surface area contributed by atoms with Gasteiger partial charge in [-0.25, -0.2) is 0 Å². The molecule has 2 aliphatic carbocycles. The second kappa shape index (κ2) is 5.01. The van der Waals surface area contributed by atoms with E-state index in [1.54, 1.807) is 0 Å². The molecule has 19 heavy (non-hydrogen) atoms. The lowest BCUT2D eigenvalue weighted by Crippen LogP contribution is -2.51. The second-order valence-electron chi connectivity index (χ2n) is 7.36. The Kier molecular flexibility index (Phi) is 3.33. The number of hydrogen-bond acceptors (Lipinski definition) is 3. The van der Waals surface area contributed by atoms with Gasteiger partial charge in [0.05, 0.1) is 5.60 Å². The van der Waals surface area contributed by atoms with Gasteiger partial charge in [-0.2, -0.15) is 0 Å². The van der Waals surface area contributed by atoms with Crippen molar-refractivity contribution in [2.45, 2.75) is 69.1 Å². The quantitative estimate of drug-likeness (QED) is 0.842. The highest BCUT2D eigenvalue weighted by Gasteiger charge is 2.42. The minimum atomic E-state index is 0.297. The highest BCUT2D eigenvalue weighted by molar-refractivity contribution is 4.96. The number of likely N-dealkylation sites (tertiary alicyclic amines) is 1. The predicted molar refractivity (Wildman–Crippen MR) is 76.3 cm³/mol. The predicted octanol–water partition coefficient (Wildman–Crippen LogP) is 2.16. The summed E-state index contributed by atoms with van der Waals surface area (Å²) in [6.45, 7) is 4.93. The molecule has 4 rings (SSSR count). The van der Waals surface area contributed by atoms with Crippen molar-refractivity contribution in [2.75, 3.05) is 26.2 Å². The van der Waals surface area contributed by atoms with Crippen LogP contribution in [0.4, 0.5) is 0 Å². The lowest BCUT2D eigenvalue weighted by molar-refractivity contribution is -0.135. The van der Waals surface area contributed by atoms with Crippen LogP contribution in [0, 0.1) is 5.92 Å². The van der Waals surface area contributed by atoms with E-state index in [9.17, 15) is 0 Å². The molecule has 2 atom stereocenters. The van der Waals surface area contributed by atoms with Crippen LogP contribution in [0.15, 0.2) is 0 Å². The van der Waals surface area contributed by atoms with Gasteiger partial charge in [0.1, 0.15) is 0 Å². The molecule has 2 saturated heterocycles. The first-order valence-corrected chi connectivity index (χ1v) is 8.44. The monoisotopic (exact) mass is 264 g/mol. The zero-order valence-electron chi connectivity index (χ0n) is 12.1. The summed E-state index contributed by atoms with van der Waals surface area (Å²) in [5, 5.41) is 3.86. The smallest absolute Gasteiger partial charge is 0.0697 e. The lowest BCUT2D eigenvalue weighted by atomic mass is 9.74. The maximum atomic E-state index is 6.01. The summed E-state index contributed by atoms with van der Waals surface area (Å²) in [6, 6.07) is 1.69. The van der Waals surface area contributed by atoms with Crippen molar-refractivity contribution < 1.29 is 4.74 Å². The largest absolute Gasteiger partial charge is 0.375 e. The molecule has 2 heterocycles. The fourth-order valence-electron chi connectivity index (χ4n) is 4.26. The van der Waals surface area contributed by atoms with E-state index in [-0.39, 0.29) is 0 Å². The highest BCUT2D eigenvalue weighted by atomic mass is 16.5. The molecule has 4 aliphatic rings. The van der Waals surface area contributed by atoms with Crippen molar-refractivity contribution in [3.63, 3.8) is 0 Å². The molecular formula is C16H28N2O. The molecule has 0 amide bonds. The molecule has 1 N–H and O–H groups in total. The molecule has 0 aromatic heterocycles. The molecule has 3 nitrogen and oxygen atoms in total. The van der Waals surface area contributed by atoms with Crippen molar-refractivity contribution in [1.82, 2.24) is 10.2 Å². The molecule has 108 valence electrons. The van der Waals surface area contributed by atoms with Crippen molar-refractivity contribution in [3.05, 3.63) is 0 Å². The van der Waals surface area contributed by atoms with Gasteiger partial charge < -0.3 is 15.0 Å². The van der Waals surface area contributed by atoms with Gasteiger partial charge in [-0.1, -0.05) is 0 Å². The number of ether oxygens (including phenoxy) is 1. The standard InChI is InChI=1S/C16H28N2O/c1-6-16(7-1)10-14(5-9-19-16)17-11-13-4-8-18(12-13)15-2-3-15/h13-15,17H,1-12H2. The van der Waals surface area contributed by atoms with Crippen LogP contribution in [-0.4, -0.2) is 48.8 Å². The Labute approximate surface area is 117 Å². The fourth-order valence-corrected chi connectivity index (χ4v) is 4.26. The van der Waals surface area contributed by atoms with Crippen molar-refractivity contribution in [1.29, 1.82) is 0 Å². The van der Waals surface area contributed by atoms with Gasteiger partial charge in [-0.05, 0) is 70.4 Å². The van der Waals surface area contributed by atoms with E-state index in [1.165, 1.54) is 71.0 Å². The van der Waals surface area contributed by atoms with Crippen molar-refractivity contribution >= 4 is 0 Å². The van der Waals surface area contributed by atoms with E-state index in [4.69, 9.17) is 4.74 Å². The van der Waals surface area contributed by atoms with Crippen LogP contribution in [0.1, 0.15) is 51.4 Å². The molecule has 4 fully saturated rings. The van der Waals surface area contributed by atoms with E-state index in [0.29, 0.717) is 5.60 Å². The number of nitrogens with zero attached hydrogens (tertiary/aromatic N) is 1. The lowest BCUT2D eigenvalue weighted by Gasteiger charge is -2.47. The Hall–Kier alpha value is -0.120. The zero-order chi connectivity index (χ0) is 12.7. The minimum absolute atomic E-state index is 0.297. The third-order valence-corrected chi connectivity index (χ3v) is 5.83. The van der Waals surface area contributed by atoms with Crippen molar-refractivity contribution in [3.8, 4) is 0 Å².